The highest BCUT2D eigenvalue weighted by Crippen LogP contribution is 2.75. The Labute approximate surface area is 198 Å². The van der Waals surface area contributed by atoms with Crippen molar-refractivity contribution in [1.82, 2.24) is 0 Å². The molecule has 5 aliphatic rings. The van der Waals surface area contributed by atoms with E-state index in [9.17, 15) is 14.7 Å². The van der Waals surface area contributed by atoms with E-state index in [-0.39, 0.29) is 47.6 Å². The molecule has 2 spiro atoms. The summed E-state index contributed by atoms with van der Waals surface area (Å²) in [7, 11) is -1.23. The summed E-state index contributed by atoms with van der Waals surface area (Å²) in [6.07, 6.45) is 1.46. The molecule has 1 aliphatic heterocycles. The van der Waals surface area contributed by atoms with Crippen molar-refractivity contribution >= 4 is 19.8 Å². The van der Waals surface area contributed by atoms with Crippen molar-refractivity contribution in [3.63, 3.8) is 0 Å². The standard InChI is InChI=1S/C26H40O6Si/c1-15-16-7-8-18-25(11-16,21(15)27)22(28)19(32-14-30-9-10-33(4,5)6)20-24(2,3)12-17-23(29)31-13-26(17,18)20/h16-21,27H,1,7-14H2,2-6H3/t16-,17-,18-,19+,20-,21-,25+,26+/m1/s1. The predicted molar refractivity (Wildman–Crippen MR) is 126 cm³/mol. The summed E-state index contributed by atoms with van der Waals surface area (Å²) in [4.78, 5) is 27.3. The fourth-order valence-corrected chi connectivity index (χ4v) is 9.34. The maximum Gasteiger partial charge on any atom is 0.309 e. The van der Waals surface area contributed by atoms with Crippen molar-refractivity contribution in [2.45, 2.75) is 77.4 Å². The van der Waals surface area contributed by atoms with Gasteiger partial charge in [-0.2, -0.15) is 0 Å². The number of Topliss-reactive ketones (excluding diaryl/α,β-unsaturated/α-hetero) is 1. The Morgan fingerprint density at radius 2 is 1.91 bits per heavy atom. The number of esters is 1. The largest absolute Gasteiger partial charge is 0.465 e. The van der Waals surface area contributed by atoms with E-state index in [0.29, 0.717) is 26.1 Å². The summed E-state index contributed by atoms with van der Waals surface area (Å²) in [5, 5.41) is 11.4. The van der Waals surface area contributed by atoms with Gasteiger partial charge in [0.05, 0.1) is 24.0 Å². The molecule has 2 bridgehead atoms. The normalized spacial score (nSPS) is 45.6. The SMILES string of the molecule is C=C1[C@@H]2CC[C@@H]3[C@](C2)(C(=O)[C@@H](OCOCC[Si](C)(C)C)[C@@H]2C(C)(C)C[C@@H]4C(=O)OC[C@@]423)[C@@H]1O. The number of cyclic esters (lactones) is 1. The lowest BCUT2D eigenvalue weighted by Crippen LogP contribution is -2.67. The molecule has 0 radical (unpaired) electrons. The smallest absolute Gasteiger partial charge is 0.309 e. The van der Waals surface area contributed by atoms with E-state index < -0.39 is 31.1 Å². The van der Waals surface area contributed by atoms with Crippen LogP contribution in [0, 0.1) is 39.9 Å². The van der Waals surface area contributed by atoms with E-state index in [2.05, 4.69) is 40.1 Å². The van der Waals surface area contributed by atoms with E-state index >= 15 is 0 Å². The summed E-state index contributed by atoms with van der Waals surface area (Å²) in [6, 6.07) is 1.03. The number of hydrogen-bond acceptors (Lipinski definition) is 6. The number of aliphatic hydroxyl groups excluding tert-OH is 1. The molecule has 0 amide bonds. The molecule has 7 heteroatoms. The highest BCUT2D eigenvalue weighted by Gasteiger charge is 2.80. The van der Waals surface area contributed by atoms with Gasteiger partial charge in [0.25, 0.3) is 0 Å². The van der Waals surface area contributed by atoms with Crippen molar-refractivity contribution in [2.24, 2.45) is 39.9 Å². The van der Waals surface area contributed by atoms with Crippen LogP contribution in [0.2, 0.25) is 25.7 Å². The molecule has 4 saturated carbocycles. The first-order valence-electron chi connectivity index (χ1n) is 12.6. The fraction of sp³-hybridized carbons (Fsp3) is 0.846. The Morgan fingerprint density at radius 1 is 1.18 bits per heavy atom. The molecule has 5 rings (SSSR count). The first-order valence-corrected chi connectivity index (χ1v) is 16.3. The second kappa shape index (κ2) is 7.49. The molecule has 0 aromatic heterocycles. The molecule has 0 aromatic rings. The minimum atomic E-state index is -1.23. The van der Waals surface area contributed by atoms with E-state index in [4.69, 9.17) is 14.2 Å². The van der Waals surface area contributed by atoms with Crippen LogP contribution in [0.25, 0.3) is 0 Å². The maximum absolute atomic E-state index is 14.3. The Kier molecular flexibility index (Phi) is 5.38. The molecule has 1 saturated heterocycles. The molecule has 33 heavy (non-hydrogen) atoms. The van der Waals surface area contributed by atoms with Crippen molar-refractivity contribution in [2.75, 3.05) is 20.0 Å². The first kappa shape index (κ1) is 23.7. The third-order valence-electron chi connectivity index (χ3n) is 9.92. The van der Waals surface area contributed by atoms with Gasteiger partial charge in [-0.1, -0.05) is 40.1 Å². The van der Waals surface area contributed by atoms with E-state index in [1.165, 1.54) is 0 Å². The predicted octanol–water partition coefficient (Wildman–Crippen LogP) is 3.81. The second-order valence-corrected chi connectivity index (χ2v) is 18.9. The zero-order chi connectivity index (χ0) is 24.0. The van der Waals surface area contributed by atoms with Crippen LogP contribution in [0.5, 0.6) is 0 Å². The maximum atomic E-state index is 14.3. The molecule has 4 aliphatic carbocycles. The summed E-state index contributed by atoms with van der Waals surface area (Å²) >= 11 is 0. The summed E-state index contributed by atoms with van der Waals surface area (Å²) in [6.45, 7) is 16.4. The van der Waals surface area contributed by atoms with Crippen molar-refractivity contribution < 1.29 is 28.9 Å². The Balaban J connectivity index is 1.52. The molecule has 0 unspecified atom stereocenters. The van der Waals surface area contributed by atoms with Crippen LogP contribution in [-0.2, 0) is 23.8 Å². The zero-order valence-electron chi connectivity index (χ0n) is 20.8. The minimum Gasteiger partial charge on any atom is -0.465 e. The van der Waals surface area contributed by atoms with E-state index in [1.807, 2.05) is 0 Å². The lowest BCUT2D eigenvalue weighted by Gasteiger charge is -2.59. The van der Waals surface area contributed by atoms with Gasteiger partial charge >= 0.3 is 5.97 Å². The number of fused-ring (bicyclic) bond motifs is 1. The average Bonchev–Trinajstić information content (AvgIpc) is 3.24. The summed E-state index contributed by atoms with van der Waals surface area (Å²) in [5.41, 5.74) is -0.869. The number of aliphatic hydroxyl groups is 1. The van der Waals surface area contributed by atoms with Gasteiger partial charge in [-0.15, -0.1) is 0 Å². The highest BCUT2D eigenvalue weighted by atomic mass is 28.3. The van der Waals surface area contributed by atoms with Gasteiger partial charge in [-0.05, 0) is 54.6 Å². The number of carbonyl (C=O) groups is 2. The van der Waals surface area contributed by atoms with Gasteiger partial charge in [-0.25, -0.2) is 0 Å². The van der Waals surface area contributed by atoms with Gasteiger partial charge in [0.2, 0.25) is 0 Å². The van der Waals surface area contributed by atoms with Crippen LogP contribution in [0.1, 0.15) is 39.5 Å². The molecule has 5 fully saturated rings. The van der Waals surface area contributed by atoms with Crippen molar-refractivity contribution in [3.05, 3.63) is 12.2 Å². The third-order valence-corrected chi connectivity index (χ3v) is 11.6. The molecule has 184 valence electrons. The summed E-state index contributed by atoms with van der Waals surface area (Å²) in [5.74, 6) is -0.451. The van der Waals surface area contributed by atoms with Gasteiger partial charge < -0.3 is 19.3 Å². The summed E-state index contributed by atoms with van der Waals surface area (Å²) < 4.78 is 17.9. The quantitative estimate of drug-likeness (QED) is 0.206. The van der Waals surface area contributed by atoms with Gasteiger partial charge in [0, 0.05) is 26.0 Å². The van der Waals surface area contributed by atoms with E-state index in [0.717, 1.165) is 24.5 Å². The molecular formula is C26H40O6Si. The molecule has 1 heterocycles. The number of ketones is 1. The minimum absolute atomic E-state index is 0.000783. The lowest BCUT2D eigenvalue weighted by molar-refractivity contribution is -0.214. The van der Waals surface area contributed by atoms with Crippen LogP contribution in [0.15, 0.2) is 12.2 Å². The average molecular weight is 477 g/mol. The molecular weight excluding hydrogens is 436 g/mol. The van der Waals surface area contributed by atoms with Crippen LogP contribution in [0.4, 0.5) is 0 Å². The number of rotatable bonds is 6. The van der Waals surface area contributed by atoms with E-state index in [1.54, 1.807) is 0 Å². The number of carbonyl (C=O) groups excluding carboxylic acids is 2. The lowest BCUT2D eigenvalue weighted by atomic mass is 9.44. The van der Waals surface area contributed by atoms with Gasteiger partial charge in [0.15, 0.2) is 5.78 Å². The highest BCUT2D eigenvalue weighted by molar-refractivity contribution is 6.76. The number of ether oxygens (including phenoxy) is 3. The monoisotopic (exact) mass is 476 g/mol. The number of hydrogen-bond donors (Lipinski definition) is 1. The Hall–Kier alpha value is -1.02. The third kappa shape index (κ3) is 3.14. The topological polar surface area (TPSA) is 82.1 Å². The van der Waals surface area contributed by atoms with Crippen LogP contribution in [-0.4, -0.2) is 57.1 Å². The molecule has 6 nitrogen and oxygen atoms in total. The van der Waals surface area contributed by atoms with Crippen molar-refractivity contribution in [3.8, 4) is 0 Å². The molecule has 0 aromatic carbocycles. The van der Waals surface area contributed by atoms with Gasteiger partial charge in [0.1, 0.15) is 12.9 Å². The van der Waals surface area contributed by atoms with Gasteiger partial charge in [-0.3, -0.25) is 9.59 Å². The zero-order valence-corrected chi connectivity index (χ0v) is 21.8. The Morgan fingerprint density at radius 3 is 2.61 bits per heavy atom. The second-order valence-electron chi connectivity index (χ2n) is 13.3. The van der Waals surface area contributed by atoms with Crippen LogP contribution in [0.3, 0.4) is 0 Å². The molecule has 8 atom stereocenters. The van der Waals surface area contributed by atoms with Crippen LogP contribution < -0.4 is 0 Å². The molecule has 1 N–H and O–H groups in total. The van der Waals surface area contributed by atoms with Crippen LogP contribution >= 0.6 is 0 Å². The van der Waals surface area contributed by atoms with Crippen molar-refractivity contribution in [1.29, 1.82) is 0 Å². The first-order chi connectivity index (χ1) is 15.4. The fourth-order valence-electron chi connectivity index (χ4n) is 8.58. The Bertz CT molecular complexity index is 876.